The fraction of sp³-hybridized carbons (Fsp3) is 0.448. The lowest BCUT2D eigenvalue weighted by Gasteiger charge is -2.30. The van der Waals surface area contributed by atoms with Gasteiger partial charge in [-0.05, 0) is 68.1 Å². The van der Waals surface area contributed by atoms with E-state index in [0.717, 1.165) is 49.3 Å². The predicted octanol–water partition coefficient (Wildman–Crippen LogP) is 5.60. The molecule has 10 heteroatoms. The minimum Gasteiger partial charge on any atom is -0.351 e. The van der Waals surface area contributed by atoms with Gasteiger partial charge in [0.15, 0.2) is 0 Å². The van der Waals surface area contributed by atoms with Crippen LogP contribution in [0.3, 0.4) is 0 Å². The minimum atomic E-state index is -4.24. The SMILES string of the molecule is CCCCC1CNC(=O)c2ccc(Cl)c(c2)S(=O)(=O)N(c2ccc(F)cc2)C/C=C/CC2(CCCC2)C(=O)N1. The summed E-state index contributed by atoms with van der Waals surface area (Å²) in [7, 11) is -4.24. The second-order valence-corrected chi connectivity index (χ2v) is 12.6. The zero-order valence-electron chi connectivity index (χ0n) is 22.1. The summed E-state index contributed by atoms with van der Waals surface area (Å²) >= 11 is 6.35. The van der Waals surface area contributed by atoms with E-state index in [-0.39, 0.29) is 46.2 Å². The van der Waals surface area contributed by atoms with Crippen LogP contribution in [0, 0.1) is 11.2 Å². The number of hydrogen-bond acceptors (Lipinski definition) is 4. The molecule has 1 unspecified atom stereocenters. The molecule has 2 aromatic rings. The predicted molar refractivity (Wildman–Crippen MR) is 151 cm³/mol. The summed E-state index contributed by atoms with van der Waals surface area (Å²) in [4.78, 5) is 26.5. The van der Waals surface area contributed by atoms with E-state index in [0.29, 0.717) is 6.42 Å². The Morgan fingerprint density at radius 2 is 1.79 bits per heavy atom. The van der Waals surface area contributed by atoms with Gasteiger partial charge in [-0.3, -0.25) is 13.9 Å². The second kappa shape index (κ2) is 12.5. The summed E-state index contributed by atoms with van der Waals surface area (Å²) in [5.41, 5.74) is -0.192. The highest BCUT2D eigenvalue weighted by molar-refractivity contribution is 7.93. The third-order valence-electron chi connectivity index (χ3n) is 7.62. The molecule has 1 aliphatic heterocycles. The molecule has 2 aliphatic rings. The number of halogens is 2. The molecule has 2 N–H and O–H groups in total. The van der Waals surface area contributed by atoms with Gasteiger partial charge in [-0.1, -0.05) is 56.4 Å². The lowest BCUT2D eigenvalue weighted by atomic mass is 9.81. The third-order valence-corrected chi connectivity index (χ3v) is 9.89. The molecule has 1 heterocycles. The Morgan fingerprint density at radius 3 is 2.49 bits per heavy atom. The van der Waals surface area contributed by atoms with Crippen molar-refractivity contribution >= 4 is 39.1 Å². The van der Waals surface area contributed by atoms with Crippen LogP contribution in [0.5, 0.6) is 0 Å². The van der Waals surface area contributed by atoms with Gasteiger partial charge in [0.05, 0.1) is 22.7 Å². The highest BCUT2D eigenvalue weighted by Gasteiger charge is 2.40. The summed E-state index contributed by atoms with van der Waals surface area (Å²) in [6.07, 6.45) is 10.0. The number of nitrogens with zero attached hydrogens (tertiary/aromatic N) is 1. The molecule has 210 valence electrons. The van der Waals surface area contributed by atoms with Crippen LogP contribution in [-0.2, 0) is 14.8 Å². The van der Waals surface area contributed by atoms with Crippen LogP contribution >= 0.6 is 11.6 Å². The summed E-state index contributed by atoms with van der Waals surface area (Å²) in [6.45, 7) is 2.24. The van der Waals surface area contributed by atoms with E-state index < -0.39 is 27.2 Å². The minimum absolute atomic E-state index is 0.0242. The van der Waals surface area contributed by atoms with Crippen LogP contribution in [-0.4, -0.2) is 39.4 Å². The lowest BCUT2D eigenvalue weighted by molar-refractivity contribution is -0.131. The fourth-order valence-electron chi connectivity index (χ4n) is 5.30. The number of allylic oxidation sites excluding steroid dienone is 1. The summed E-state index contributed by atoms with van der Waals surface area (Å²) in [5, 5.41) is 6.05. The molecule has 1 aliphatic carbocycles. The number of fused-ring (bicyclic) bond motifs is 2. The number of unbranched alkanes of at least 4 members (excludes halogenated alkanes) is 1. The van der Waals surface area contributed by atoms with Gasteiger partial charge < -0.3 is 10.6 Å². The Kier molecular flexibility index (Phi) is 9.33. The Labute approximate surface area is 234 Å². The van der Waals surface area contributed by atoms with Crippen LogP contribution < -0.4 is 14.9 Å². The molecule has 4 rings (SSSR count). The number of benzene rings is 2. The summed E-state index contributed by atoms with van der Waals surface area (Å²) in [5.74, 6) is -0.983. The first kappa shape index (κ1) is 29.1. The van der Waals surface area contributed by atoms with E-state index in [4.69, 9.17) is 11.6 Å². The molecule has 1 spiro atoms. The molecule has 2 amide bonds. The van der Waals surface area contributed by atoms with E-state index in [9.17, 15) is 22.4 Å². The van der Waals surface area contributed by atoms with E-state index in [1.54, 1.807) is 6.08 Å². The van der Waals surface area contributed by atoms with Crippen molar-refractivity contribution in [1.82, 2.24) is 10.6 Å². The van der Waals surface area contributed by atoms with Crippen molar-refractivity contribution in [3.05, 3.63) is 71.0 Å². The van der Waals surface area contributed by atoms with E-state index in [1.165, 1.54) is 42.5 Å². The number of anilines is 1. The van der Waals surface area contributed by atoms with Crippen molar-refractivity contribution in [2.45, 2.75) is 69.2 Å². The summed E-state index contributed by atoms with van der Waals surface area (Å²) < 4.78 is 42.6. The normalized spacial score (nSPS) is 22.3. The standard InChI is InChI=1S/C29H35ClFN3O4S/c1-2-3-8-23-20-32-27(35)21-9-14-25(30)26(19-21)39(37,38)34(24-12-10-22(31)11-13-24)18-7-6-17-29(28(36)33-23)15-4-5-16-29/h6-7,9-14,19,23H,2-5,8,15-18,20H2,1H3,(H,32,35)(H,33,36)/b7-6+. The van der Waals surface area contributed by atoms with Crippen molar-refractivity contribution in [3.63, 3.8) is 0 Å². The lowest BCUT2D eigenvalue weighted by Crippen LogP contribution is -2.49. The Bertz CT molecular complexity index is 1320. The molecule has 1 fully saturated rings. The van der Waals surface area contributed by atoms with Gasteiger partial charge in [-0.25, -0.2) is 12.8 Å². The number of amides is 2. The van der Waals surface area contributed by atoms with Crippen molar-refractivity contribution < 1.29 is 22.4 Å². The van der Waals surface area contributed by atoms with Crippen molar-refractivity contribution in [2.75, 3.05) is 17.4 Å². The number of rotatable bonds is 4. The first-order chi connectivity index (χ1) is 18.7. The van der Waals surface area contributed by atoms with Gasteiger partial charge in [-0.15, -0.1) is 0 Å². The van der Waals surface area contributed by atoms with Crippen molar-refractivity contribution in [3.8, 4) is 0 Å². The monoisotopic (exact) mass is 575 g/mol. The second-order valence-electron chi connectivity index (χ2n) is 10.3. The largest absolute Gasteiger partial charge is 0.351 e. The zero-order valence-corrected chi connectivity index (χ0v) is 23.7. The van der Waals surface area contributed by atoms with E-state index >= 15 is 0 Å². The number of sulfonamides is 1. The average molecular weight is 576 g/mol. The molecule has 0 radical (unpaired) electrons. The van der Waals surface area contributed by atoms with Gasteiger partial charge in [-0.2, -0.15) is 0 Å². The van der Waals surface area contributed by atoms with Crippen LogP contribution in [0.1, 0.15) is 68.6 Å². The molecule has 0 saturated heterocycles. The summed E-state index contributed by atoms with van der Waals surface area (Å²) in [6, 6.07) is 9.00. The Morgan fingerprint density at radius 1 is 1.08 bits per heavy atom. The zero-order chi connectivity index (χ0) is 28.0. The van der Waals surface area contributed by atoms with Crippen molar-refractivity contribution in [2.24, 2.45) is 5.41 Å². The highest BCUT2D eigenvalue weighted by atomic mass is 35.5. The first-order valence-electron chi connectivity index (χ1n) is 13.5. The molecule has 39 heavy (non-hydrogen) atoms. The van der Waals surface area contributed by atoms with Gasteiger partial charge in [0.2, 0.25) is 5.91 Å². The molecule has 1 atom stereocenters. The first-order valence-corrected chi connectivity index (χ1v) is 15.3. The molecule has 7 nitrogen and oxygen atoms in total. The smallest absolute Gasteiger partial charge is 0.266 e. The molecule has 1 saturated carbocycles. The number of carbonyl (C=O) groups excluding carboxylic acids is 2. The highest BCUT2D eigenvalue weighted by Crippen LogP contribution is 2.42. The van der Waals surface area contributed by atoms with Crippen molar-refractivity contribution in [1.29, 1.82) is 0 Å². The molecule has 0 aromatic heterocycles. The average Bonchev–Trinajstić information content (AvgIpc) is 3.40. The topological polar surface area (TPSA) is 95.6 Å². The Balaban J connectivity index is 1.77. The molecular formula is C29H35ClFN3O4S. The number of carbonyl (C=O) groups is 2. The Hall–Kier alpha value is -2.91. The maximum Gasteiger partial charge on any atom is 0.266 e. The van der Waals surface area contributed by atoms with Gasteiger partial charge >= 0.3 is 0 Å². The molecular weight excluding hydrogens is 541 g/mol. The fourth-order valence-corrected chi connectivity index (χ4v) is 7.22. The van der Waals surface area contributed by atoms with Gasteiger partial charge in [0, 0.05) is 18.2 Å². The molecule has 2 aromatic carbocycles. The van der Waals surface area contributed by atoms with E-state index in [1.807, 2.05) is 6.08 Å². The van der Waals surface area contributed by atoms with Crippen LogP contribution in [0.15, 0.2) is 59.5 Å². The maximum absolute atomic E-state index is 13.9. The quantitative estimate of drug-likeness (QED) is 0.464. The number of nitrogens with one attached hydrogen (secondary N) is 2. The van der Waals surface area contributed by atoms with Crippen LogP contribution in [0.2, 0.25) is 5.02 Å². The van der Waals surface area contributed by atoms with Gasteiger partial charge in [0.1, 0.15) is 10.7 Å². The van der Waals surface area contributed by atoms with Crippen LogP contribution in [0.25, 0.3) is 0 Å². The maximum atomic E-state index is 13.9. The van der Waals surface area contributed by atoms with Crippen LogP contribution in [0.4, 0.5) is 10.1 Å². The number of hydrogen-bond donors (Lipinski definition) is 2. The third kappa shape index (κ3) is 6.64. The molecule has 2 bridgehead atoms. The van der Waals surface area contributed by atoms with Gasteiger partial charge in [0.25, 0.3) is 15.9 Å². The van der Waals surface area contributed by atoms with E-state index in [2.05, 4.69) is 17.6 Å².